The fraction of sp³-hybridized carbons (Fsp3) is 0.409. The number of urea groups is 1. The van der Waals surface area contributed by atoms with Crippen molar-refractivity contribution < 1.29 is 13.6 Å². The Kier molecular flexibility index (Phi) is 7.09. The van der Waals surface area contributed by atoms with Crippen LogP contribution in [0.5, 0.6) is 0 Å². The molecule has 1 fully saturated rings. The zero-order chi connectivity index (χ0) is 21.0. The molecule has 0 radical (unpaired) electrons. The minimum atomic E-state index is -0.602. The lowest BCUT2D eigenvalue weighted by Crippen LogP contribution is -2.44. The third kappa shape index (κ3) is 5.25. The van der Waals surface area contributed by atoms with Crippen molar-refractivity contribution in [2.24, 2.45) is 0 Å². The first kappa shape index (κ1) is 21.5. The molecule has 2 amide bonds. The molecule has 7 heteroatoms. The van der Waals surface area contributed by atoms with Gasteiger partial charge in [0.1, 0.15) is 12.5 Å². The summed E-state index contributed by atoms with van der Waals surface area (Å²) >= 11 is 6.08. The Morgan fingerprint density at radius 3 is 2.72 bits per heavy atom. The SMILES string of the molecule is Cc1cc(F)ccc1[C@H]1CCNCCN1C(=O)N(C)Cc1cc(Cl)cc(CF)c1. The predicted molar refractivity (Wildman–Crippen MR) is 111 cm³/mol. The Hall–Kier alpha value is -2.18. The van der Waals surface area contributed by atoms with Crippen LogP contribution < -0.4 is 5.32 Å². The smallest absolute Gasteiger partial charge is 0.320 e. The minimum absolute atomic E-state index is 0.121. The summed E-state index contributed by atoms with van der Waals surface area (Å²) in [4.78, 5) is 16.7. The van der Waals surface area contributed by atoms with Crippen LogP contribution in [0.1, 0.15) is 34.7 Å². The molecule has 1 heterocycles. The summed E-state index contributed by atoms with van der Waals surface area (Å²) < 4.78 is 26.6. The molecule has 0 saturated carbocycles. The second-order valence-corrected chi connectivity index (χ2v) is 7.93. The number of nitrogens with one attached hydrogen (secondary N) is 1. The number of alkyl halides is 1. The maximum absolute atomic E-state index is 13.6. The average molecular weight is 422 g/mol. The van der Waals surface area contributed by atoms with E-state index >= 15 is 0 Å². The molecule has 0 bridgehead atoms. The second kappa shape index (κ2) is 9.55. The van der Waals surface area contributed by atoms with Gasteiger partial charge in [0.25, 0.3) is 0 Å². The van der Waals surface area contributed by atoms with Gasteiger partial charge < -0.3 is 15.1 Å². The van der Waals surface area contributed by atoms with Crippen molar-refractivity contribution in [1.29, 1.82) is 0 Å². The van der Waals surface area contributed by atoms with Gasteiger partial charge in [0.15, 0.2) is 0 Å². The molecule has 0 unspecified atom stereocenters. The third-order valence-electron chi connectivity index (χ3n) is 5.25. The summed E-state index contributed by atoms with van der Waals surface area (Å²) in [7, 11) is 1.73. The highest BCUT2D eigenvalue weighted by Gasteiger charge is 2.29. The molecule has 156 valence electrons. The third-order valence-corrected chi connectivity index (χ3v) is 5.47. The number of amides is 2. The van der Waals surface area contributed by atoms with Gasteiger partial charge in [-0.25, -0.2) is 13.6 Å². The van der Waals surface area contributed by atoms with Crippen molar-refractivity contribution in [2.45, 2.75) is 32.6 Å². The highest BCUT2D eigenvalue weighted by atomic mass is 35.5. The summed E-state index contributed by atoms with van der Waals surface area (Å²) in [5.41, 5.74) is 3.06. The lowest BCUT2D eigenvalue weighted by molar-refractivity contribution is 0.142. The summed E-state index contributed by atoms with van der Waals surface area (Å²) in [5.74, 6) is -0.280. The molecule has 1 aliphatic heterocycles. The van der Waals surface area contributed by atoms with Crippen LogP contribution in [0.15, 0.2) is 36.4 Å². The van der Waals surface area contributed by atoms with Crippen LogP contribution in [-0.2, 0) is 13.2 Å². The van der Waals surface area contributed by atoms with Crippen molar-refractivity contribution in [1.82, 2.24) is 15.1 Å². The number of nitrogens with zero attached hydrogens (tertiary/aromatic N) is 2. The zero-order valence-corrected chi connectivity index (χ0v) is 17.5. The van der Waals surface area contributed by atoms with Crippen molar-refractivity contribution in [3.8, 4) is 0 Å². The van der Waals surface area contributed by atoms with Crippen LogP contribution in [0, 0.1) is 12.7 Å². The molecule has 0 aliphatic carbocycles. The molecule has 3 rings (SSSR count). The van der Waals surface area contributed by atoms with Gasteiger partial charge in [0.05, 0.1) is 6.04 Å². The standard InChI is InChI=1S/C22H26ClF2N3O/c1-15-9-19(25)3-4-20(15)21-5-6-26-7-8-28(21)22(29)27(2)14-17-10-16(13-24)11-18(23)12-17/h3-4,9-12,21,26H,5-8,13-14H2,1-2H3/t21-/m1/s1. The average Bonchev–Trinajstić information content (AvgIpc) is 2.92. The van der Waals surface area contributed by atoms with E-state index in [1.165, 1.54) is 12.1 Å². The Morgan fingerprint density at radius 2 is 2.00 bits per heavy atom. The van der Waals surface area contributed by atoms with Gasteiger partial charge in [-0.2, -0.15) is 0 Å². The van der Waals surface area contributed by atoms with Gasteiger partial charge >= 0.3 is 6.03 Å². The number of aryl methyl sites for hydroxylation is 1. The van der Waals surface area contributed by atoms with E-state index in [1.54, 1.807) is 36.2 Å². The largest absolute Gasteiger partial charge is 0.323 e. The number of carbonyl (C=O) groups is 1. The molecule has 1 N–H and O–H groups in total. The number of hydrogen-bond acceptors (Lipinski definition) is 2. The Bertz CT molecular complexity index is 877. The Morgan fingerprint density at radius 1 is 1.24 bits per heavy atom. The number of rotatable bonds is 4. The van der Waals surface area contributed by atoms with Gasteiger partial charge in [-0.15, -0.1) is 0 Å². The monoisotopic (exact) mass is 421 g/mol. The minimum Gasteiger partial charge on any atom is -0.323 e. The normalized spacial score (nSPS) is 17.1. The molecule has 2 aromatic carbocycles. The highest BCUT2D eigenvalue weighted by Crippen LogP contribution is 2.29. The zero-order valence-electron chi connectivity index (χ0n) is 16.7. The predicted octanol–water partition coefficient (Wildman–Crippen LogP) is 4.85. The van der Waals surface area contributed by atoms with Gasteiger partial charge in [-0.05, 0) is 66.4 Å². The van der Waals surface area contributed by atoms with E-state index < -0.39 is 6.67 Å². The summed E-state index contributed by atoms with van der Waals surface area (Å²) in [6.45, 7) is 3.62. The number of halogens is 3. The quantitative estimate of drug-likeness (QED) is 0.766. The summed E-state index contributed by atoms with van der Waals surface area (Å²) in [6, 6.07) is 9.51. The molecule has 1 aliphatic rings. The maximum Gasteiger partial charge on any atom is 0.320 e. The van der Waals surface area contributed by atoms with Crippen molar-refractivity contribution in [3.63, 3.8) is 0 Å². The summed E-state index contributed by atoms with van der Waals surface area (Å²) in [5, 5.41) is 3.78. The first-order valence-corrected chi connectivity index (χ1v) is 10.1. The molecule has 1 atom stereocenters. The molecule has 0 spiro atoms. The number of hydrogen-bond donors (Lipinski definition) is 1. The second-order valence-electron chi connectivity index (χ2n) is 7.49. The van der Waals surface area contributed by atoms with Crippen molar-refractivity contribution in [3.05, 3.63) is 69.5 Å². The lowest BCUT2D eigenvalue weighted by Gasteiger charge is -2.34. The van der Waals surface area contributed by atoms with E-state index in [4.69, 9.17) is 11.6 Å². The van der Waals surface area contributed by atoms with Crippen LogP contribution in [-0.4, -0.2) is 42.5 Å². The van der Waals surface area contributed by atoms with Gasteiger partial charge in [-0.3, -0.25) is 0 Å². The summed E-state index contributed by atoms with van der Waals surface area (Å²) in [6.07, 6.45) is 0.745. The molecular weight excluding hydrogens is 396 g/mol. The van der Waals surface area contributed by atoms with Gasteiger partial charge in [-0.1, -0.05) is 23.7 Å². The van der Waals surface area contributed by atoms with Crippen molar-refractivity contribution in [2.75, 3.05) is 26.7 Å². The van der Waals surface area contributed by atoms with Crippen molar-refractivity contribution >= 4 is 17.6 Å². The van der Waals surface area contributed by atoms with E-state index in [2.05, 4.69) is 5.32 Å². The maximum atomic E-state index is 13.6. The van der Waals surface area contributed by atoms with Gasteiger partial charge in [0.2, 0.25) is 0 Å². The van der Waals surface area contributed by atoms with E-state index in [1.807, 2.05) is 11.8 Å². The van der Waals surface area contributed by atoms with E-state index in [9.17, 15) is 13.6 Å². The Balaban J connectivity index is 1.83. The van der Waals surface area contributed by atoms with E-state index in [0.717, 1.165) is 29.7 Å². The topological polar surface area (TPSA) is 35.6 Å². The molecule has 0 aromatic heterocycles. The number of benzene rings is 2. The molecule has 29 heavy (non-hydrogen) atoms. The Labute approximate surface area is 175 Å². The van der Waals surface area contributed by atoms with Crippen LogP contribution in [0.4, 0.5) is 13.6 Å². The fourth-order valence-electron chi connectivity index (χ4n) is 3.89. The first-order valence-electron chi connectivity index (χ1n) is 9.72. The molecular formula is C22H26ClF2N3O. The molecule has 4 nitrogen and oxygen atoms in total. The van der Waals surface area contributed by atoms with Crippen LogP contribution in [0.25, 0.3) is 0 Å². The first-order chi connectivity index (χ1) is 13.9. The van der Waals surface area contributed by atoms with Gasteiger partial charge in [0, 0.05) is 31.7 Å². The van der Waals surface area contributed by atoms with E-state index in [-0.39, 0.29) is 17.9 Å². The van der Waals surface area contributed by atoms with E-state index in [0.29, 0.717) is 30.2 Å². The van der Waals surface area contributed by atoms with Crippen LogP contribution in [0.2, 0.25) is 5.02 Å². The lowest BCUT2D eigenvalue weighted by atomic mass is 9.97. The fourth-order valence-corrected chi connectivity index (χ4v) is 4.17. The molecule has 2 aromatic rings. The van der Waals surface area contributed by atoms with Crippen LogP contribution in [0.3, 0.4) is 0 Å². The van der Waals surface area contributed by atoms with Crippen LogP contribution >= 0.6 is 11.6 Å². The molecule has 1 saturated heterocycles. The number of carbonyl (C=O) groups excluding carboxylic acids is 1. The highest BCUT2D eigenvalue weighted by molar-refractivity contribution is 6.30.